The van der Waals surface area contributed by atoms with Gasteiger partial charge < -0.3 is 5.32 Å². The topological polar surface area (TPSA) is 86.5 Å². The first-order valence-electron chi connectivity index (χ1n) is 6.59. The van der Waals surface area contributed by atoms with Crippen LogP contribution in [0.15, 0.2) is 42.6 Å². The van der Waals surface area contributed by atoms with Crippen molar-refractivity contribution in [2.45, 2.75) is 0 Å². The van der Waals surface area contributed by atoms with Crippen LogP contribution in [0.5, 0.6) is 0 Å². The fourth-order valence-electron chi connectivity index (χ4n) is 2.43. The second-order valence-corrected chi connectivity index (χ2v) is 4.86. The minimum Gasteiger partial charge on any atom is -0.321 e. The van der Waals surface area contributed by atoms with Crippen LogP contribution >= 0.6 is 0 Å². The second kappa shape index (κ2) is 4.66. The number of aromatic amines is 2. The number of anilines is 1. The van der Waals surface area contributed by atoms with E-state index in [1.165, 1.54) is 18.2 Å². The van der Waals surface area contributed by atoms with Gasteiger partial charge in [0, 0.05) is 16.5 Å². The molecule has 2 aromatic heterocycles. The van der Waals surface area contributed by atoms with Crippen molar-refractivity contribution in [2.24, 2.45) is 0 Å². The molecule has 6 nitrogen and oxygen atoms in total. The molecule has 0 unspecified atom stereocenters. The number of fused-ring (bicyclic) bond motifs is 3. The van der Waals surface area contributed by atoms with Gasteiger partial charge in [-0.05, 0) is 30.3 Å². The van der Waals surface area contributed by atoms with E-state index in [4.69, 9.17) is 0 Å². The Balaban J connectivity index is 1.75. The first-order valence-corrected chi connectivity index (χ1v) is 6.59. The fourth-order valence-corrected chi connectivity index (χ4v) is 2.43. The van der Waals surface area contributed by atoms with Gasteiger partial charge in [-0.2, -0.15) is 10.2 Å². The number of H-pyrrole nitrogens is 2. The molecule has 108 valence electrons. The first-order chi connectivity index (χ1) is 10.7. The zero-order chi connectivity index (χ0) is 15.1. The Morgan fingerprint density at radius 3 is 2.91 bits per heavy atom. The maximum absolute atomic E-state index is 13.2. The third-order valence-corrected chi connectivity index (χ3v) is 3.45. The van der Waals surface area contributed by atoms with Gasteiger partial charge in [0.15, 0.2) is 0 Å². The maximum atomic E-state index is 13.2. The van der Waals surface area contributed by atoms with Gasteiger partial charge in [0.2, 0.25) is 0 Å². The normalized spacial score (nSPS) is 11.1. The van der Waals surface area contributed by atoms with Gasteiger partial charge in [0.25, 0.3) is 5.91 Å². The molecule has 3 N–H and O–H groups in total. The van der Waals surface area contributed by atoms with Crippen molar-refractivity contribution < 1.29 is 9.18 Å². The molecule has 2 heterocycles. The summed E-state index contributed by atoms with van der Waals surface area (Å²) in [7, 11) is 0. The summed E-state index contributed by atoms with van der Waals surface area (Å²) in [6.45, 7) is 0. The summed E-state index contributed by atoms with van der Waals surface area (Å²) >= 11 is 0. The van der Waals surface area contributed by atoms with Gasteiger partial charge in [0.1, 0.15) is 17.0 Å². The molecule has 7 heteroatoms. The summed E-state index contributed by atoms with van der Waals surface area (Å²) < 4.78 is 13.2. The van der Waals surface area contributed by atoms with E-state index in [-0.39, 0.29) is 5.91 Å². The van der Waals surface area contributed by atoms with Crippen LogP contribution in [0, 0.1) is 5.82 Å². The van der Waals surface area contributed by atoms with Crippen LogP contribution in [0.4, 0.5) is 10.1 Å². The molecule has 0 aliphatic carbocycles. The number of halogens is 1. The molecule has 0 aliphatic rings. The van der Waals surface area contributed by atoms with Crippen molar-refractivity contribution in [3.8, 4) is 0 Å². The van der Waals surface area contributed by atoms with Gasteiger partial charge in [-0.1, -0.05) is 6.07 Å². The van der Waals surface area contributed by atoms with Crippen LogP contribution in [0.1, 0.15) is 10.5 Å². The number of carbonyl (C=O) groups excluding carboxylic acids is 1. The molecule has 0 aliphatic heterocycles. The highest BCUT2D eigenvalue weighted by Crippen LogP contribution is 2.24. The zero-order valence-corrected chi connectivity index (χ0v) is 11.2. The molecule has 0 atom stereocenters. The molecule has 0 saturated carbocycles. The van der Waals surface area contributed by atoms with E-state index in [0.717, 1.165) is 10.9 Å². The van der Waals surface area contributed by atoms with E-state index >= 15 is 0 Å². The van der Waals surface area contributed by atoms with Crippen molar-refractivity contribution in [2.75, 3.05) is 5.32 Å². The number of hydrogen-bond donors (Lipinski definition) is 3. The van der Waals surface area contributed by atoms with Gasteiger partial charge in [0.05, 0.1) is 11.7 Å². The molecule has 0 fully saturated rings. The highest BCUT2D eigenvalue weighted by molar-refractivity contribution is 6.15. The summed E-state index contributed by atoms with van der Waals surface area (Å²) in [5, 5.41) is 17.9. The van der Waals surface area contributed by atoms with E-state index in [1.54, 1.807) is 18.3 Å². The molecule has 2 aromatic carbocycles. The lowest BCUT2D eigenvalue weighted by Gasteiger charge is -2.03. The Hall–Kier alpha value is -3.22. The smallest absolute Gasteiger partial charge is 0.274 e. The van der Waals surface area contributed by atoms with Crippen LogP contribution in [0.25, 0.3) is 21.8 Å². The highest BCUT2D eigenvalue weighted by atomic mass is 19.1. The third-order valence-electron chi connectivity index (χ3n) is 3.45. The van der Waals surface area contributed by atoms with Crippen molar-refractivity contribution in [1.29, 1.82) is 0 Å². The number of rotatable bonds is 2. The Bertz CT molecular complexity index is 1000. The lowest BCUT2D eigenvalue weighted by molar-refractivity contribution is 0.102. The number of nitrogens with zero attached hydrogens (tertiary/aromatic N) is 2. The average molecular weight is 295 g/mol. The van der Waals surface area contributed by atoms with Crippen molar-refractivity contribution in [3.63, 3.8) is 0 Å². The van der Waals surface area contributed by atoms with E-state index in [9.17, 15) is 9.18 Å². The fraction of sp³-hybridized carbons (Fsp3) is 0. The monoisotopic (exact) mass is 295 g/mol. The highest BCUT2D eigenvalue weighted by Gasteiger charge is 2.16. The number of nitrogens with one attached hydrogen (secondary N) is 3. The lowest BCUT2D eigenvalue weighted by Crippen LogP contribution is -2.12. The van der Waals surface area contributed by atoms with Crippen LogP contribution in [-0.4, -0.2) is 26.3 Å². The number of amides is 1. The average Bonchev–Trinajstić information content (AvgIpc) is 3.13. The van der Waals surface area contributed by atoms with Gasteiger partial charge in [-0.15, -0.1) is 0 Å². The molecule has 0 radical (unpaired) electrons. The largest absolute Gasteiger partial charge is 0.321 e. The van der Waals surface area contributed by atoms with Crippen LogP contribution in [0.2, 0.25) is 0 Å². The standard InChI is InChI=1S/C15H10FN5O/c16-8-2-1-3-9(6-8)18-15(22)14-10-4-5-12-11(7-17-19-12)13(10)20-21-14/h1-7H,(H,17,19)(H,18,22)(H,20,21). The number of carbonyl (C=O) groups is 1. The maximum Gasteiger partial charge on any atom is 0.274 e. The predicted molar refractivity (Wildman–Crippen MR) is 80.1 cm³/mol. The molecular weight excluding hydrogens is 285 g/mol. The second-order valence-electron chi connectivity index (χ2n) is 4.86. The number of benzene rings is 2. The molecule has 4 aromatic rings. The van der Waals surface area contributed by atoms with E-state index in [0.29, 0.717) is 22.3 Å². The summed E-state index contributed by atoms with van der Waals surface area (Å²) in [5.74, 6) is -0.789. The van der Waals surface area contributed by atoms with Crippen LogP contribution < -0.4 is 5.32 Å². The van der Waals surface area contributed by atoms with E-state index < -0.39 is 5.82 Å². The van der Waals surface area contributed by atoms with Gasteiger partial charge in [-0.3, -0.25) is 15.0 Å². The number of hydrogen-bond acceptors (Lipinski definition) is 3. The lowest BCUT2D eigenvalue weighted by atomic mass is 10.1. The molecular formula is C15H10FN5O. The quantitative estimate of drug-likeness (QED) is 0.531. The van der Waals surface area contributed by atoms with Gasteiger partial charge in [-0.25, -0.2) is 4.39 Å². The van der Waals surface area contributed by atoms with Crippen molar-refractivity contribution >= 4 is 33.4 Å². The van der Waals surface area contributed by atoms with Gasteiger partial charge >= 0.3 is 0 Å². The summed E-state index contributed by atoms with van der Waals surface area (Å²) in [6.07, 6.45) is 1.66. The first kappa shape index (κ1) is 12.5. The van der Waals surface area contributed by atoms with Crippen molar-refractivity contribution in [1.82, 2.24) is 20.4 Å². The molecule has 4 rings (SSSR count). The van der Waals surface area contributed by atoms with Crippen LogP contribution in [-0.2, 0) is 0 Å². The SMILES string of the molecule is O=C(Nc1cccc(F)c1)c1[nH]nc2c1ccc1[nH]ncc12. The van der Waals surface area contributed by atoms with E-state index in [1.807, 2.05) is 6.07 Å². The Morgan fingerprint density at radius 2 is 2.05 bits per heavy atom. The number of aromatic nitrogens is 4. The Kier molecular flexibility index (Phi) is 2.65. The van der Waals surface area contributed by atoms with Crippen molar-refractivity contribution in [3.05, 3.63) is 54.1 Å². The predicted octanol–water partition coefficient (Wildman–Crippen LogP) is 2.83. The molecule has 0 bridgehead atoms. The summed E-state index contributed by atoms with van der Waals surface area (Å²) in [6, 6.07) is 9.35. The zero-order valence-electron chi connectivity index (χ0n) is 11.2. The molecule has 22 heavy (non-hydrogen) atoms. The Labute approximate surface area is 123 Å². The summed E-state index contributed by atoms with van der Waals surface area (Å²) in [4.78, 5) is 12.3. The minimum absolute atomic E-state index is 0.322. The summed E-state index contributed by atoms with van der Waals surface area (Å²) in [5.41, 5.74) is 2.21. The molecule has 0 saturated heterocycles. The third kappa shape index (κ3) is 1.91. The minimum atomic E-state index is -0.410. The molecule has 0 spiro atoms. The van der Waals surface area contributed by atoms with Crippen LogP contribution in [0.3, 0.4) is 0 Å². The molecule has 1 amide bonds. The van der Waals surface area contributed by atoms with E-state index in [2.05, 4.69) is 25.7 Å². The Morgan fingerprint density at radius 1 is 1.14 bits per heavy atom.